The molecule has 5 atom stereocenters. The summed E-state index contributed by atoms with van der Waals surface area (Å²) in [5, 5.41) is 29.1. The van der Waals surface area contributed by atoms with E-state index in [1.807, 2.05) is 30.3 Å². The number of hydrogen-bond donors (Lipinski definition) is 3. The molecule has 1 heterocycles. The van der Waals surface area contributed by atoms with Gasteiger partial charge in [0.1, 0.15) is 18.3 Å². The molecular weight excluding hydrogens is 236 g/mol. The highest BCUT2D eigenvalue weighted by Gasteiger charge is 2.42. The van der Waals surface area contributed by atoms with Gasteiger partial charge in [-0.25, -0.2) is 0 Å². The number of rotatable bonds is 3. The molecule has 1 aromatic carbocycles. The highest BCUT2D eigenvalue weighted by molar-refractivity contribution is 5.13. The van der Waals surface area contributed by atoms with Gasteiger partial charge in [-0.05, 0) is 12.5 Å². The predicted octanol–water partition coefficient (Wildman–Crippen LogP) is 0.0307. The molecule has 0 aliphatic carbocycles. The maximum Gasteiger partial charge on any atom is 0.183 e. The molecule has 3 N–H and O–H groups in total. The first-order valence-electron chi connectivity index (χ1n) is 5.95. The smallest absolute Gasteiger partial charge is 0.183 e. The molecule has 1 aliphatic heterocycles. The normalized spacial score (nSPS) is 36.6. The number of aliphatic hydroxyl groups excluding tert-OH is 3. The first-order valence-corrected chi connectivity index (χ1v) is 5.95. The molecule has 0 saturated carbocycles. The standard InChI is InChI=1S/C13H18O5/c1-8-10(14)12(11(15)13(16)18-8)17-7-9-5-3-2-4-6-9/h2-6,8,10-16H,7H2,1H3/t8-,10-,11+,12+,13+/m1/s1. The Kier molecular flexibility index (Phi) is 4.31. The van der Waals surface area contributed by atoms with E-state index in [2.05, 4.69) is 0 Å². The molecule has 0 spiro atoms. The highest BCUT2D eigenvalue weighted by Crippen LogP contribution is 2.23. The minimum absolute atomic E-state index is 0.263. The third-order valence-electron chi connectivity index (χ3n) is 3.09. The third-order valence-corrected chi connectivity index (χ3v) is 3.09. The number of aliphatic hydroxyl groups is 3. The zero-order chi connectivity index (χ0) is 13.1. The zero-order valence-electron chi connectivity index (χ0n) is 10.1. The van der Waals surface area contributed by atoms with Gasteiger partial charge in [-0.2, -0.15) is 0 Å². The molecule has 18 heavy (non-hydrogen) atoms. The lowest BCUT2D eigenvalue weighted by Gasteiger charge is -2.39. The van der Waals surface area contributed by atoms with E-state index in [9.17, 15) is 15.3 Å². The lowest BCUT2D eigenvalue weighted by atomic mass is 10.00. The minimum Gasteiger partial charge on any atom is -0.388 e. The Morgan fingerprint density at radius 3 is 2.44 bits per heavy atom. The Hall–Kier alpha value is -0.980. The summed E-state index contributed by atoms with van der Waals surface area (Å²) in [6.07, 6.45) is -4.98. The van der Waals surface area contributed by atoms with Gasteiger partial charge in [0.25, 0.3) is 0 Å². The molecule has 0 unspecified atom stereocenters. The molecule has 5 heteroatoms. The lowest BCUT2D eigenvalue weighted by molar-refractivity contribution is -0.287. The molecule has 5 nitrogen and oxygen atoms in total. The van der Waals surface area contributed by atoms with E-state index in [4.69, 9.17) is 9.47 Å². The van der Waals surface area contributed by atoms with Crippen molar-refractivity contribution in [2.75, 3.05) is 0 Å². The van der Waals surface area contributed by atoms with Crippen molar-refractivity contribution in [1.82, 2.24) is 0 Å². The Balaban J connectivity index is 1.98. The van der Waals surface area contributed by atoms with Crippen LogP contribution in [0.1, 0.15) is 12.5 Å². The molecule has 1 saturated heterocycles. The summed E-state index contributed by atoms with van der Waals surface area (Å²) in [7, 11) is 0. The Morgan fingerprint density at radius 1 is 1.11 bits per heavy atom. The van der Waals surface area contributed by atoms with Crippen molar-refractivity contribution in [3.63, 3.8) is 0 Å². The van der Waals surface area contributed by atoms with Gasteiger partial charge in [-0.1, -0.05) is 30.3 Å². The van der Waals surface area contributed by atoms with Crippen LogP contribution in [0.2, 0.25) is 0 Å². The molecule has 1 fully saturated rings. The first-order chi connectivity index (χ1) is 8.59. The summed E-state index contributed by atoms with van der Waals surface area (Å²) in [5.74, 6) is 0. The van der Waals surface area contributed by atoms with Gasteiger partial charge in [0.2, 0.25) is 0 Å². The monoisotopic (exact) mass is 254 g/mol. The van der Waals surface area contributed by atoms with E-state index < -0.39 is 30.7 Å². The number of benzene rings is 1. The fraction of sp³-hybridized carbons (Fsp3) is 0.538. The van der Waals surface area contributed by atoms with Gasteiger partial charge < -0.3 is 24.8 Å². The molecule has 0 aromatic heterocycles. The van der Waals surface area contributed by atoms with Crippen molar-refractivity contribution < 1.29 is 24.8 Å². The molecule has 0 amide bonds. The van der Waals surface area contributed by atoms with Crippen molar-refractivity contribution in [3.05, 3.63) is 35.9 Å². The van der Waals surface area contributed by atoms with E-state index >= 15 is 0 Å². The van der Waals surface area contributed by atoms with Crippen LogP contribution in [0.5, 0.6) is 0 Å². The van der Waals surface area contributed by atoms with Crippen molar-refractivity contribution >= 4 is 0 Å². The average Bonchev–Trinajstić information content (AvgIpc) is 2.38. The van der Waals surface area contributed by atoms with Crippen LogP contribution in [0.15, 0.2) is 30.3 Å². The van der Waals surface area contributed by atoms with Crippen molar-refractivity contribution in [3.8, 4) is 0 Å². The predicted molar refractivity (Wildman–Crippen MR) is 63.6 cm³/mol. The second-order valence-electron chi connectivity index (χ2n) is 4.47. The summed E-state index contributed by atoms with van der Waals surface area (Å²) in [6, 6.07) is 9.43. The van der Waals surface area contributed by atoms with Crippen LogP contribution >= 0.6 is 0 Å². The fourth-order valence-corrected chi connectivity index (χ4v) is 1.98. The second-order valence-corrected chi connectivity index (χ2v) is 4.47. The van der Waals surface area contributed by atoms with Crippen LogP contribution in [-0.2, 0) is 16.1 Å². The molecule has 1 aromatic rings. The maximum absolute atomic E-state index is 9.88. The van der Waals surface area contributed by atoms with Crippen LogP contribution in [0.3, 0.4) is 0 Å². The number of hydrogen-bond acceptors (Lipinski definition) is 5. The fourth-order valence-electron chi connectivity index (χ4n) is 1.98. The van der Waals surface area contributed by atoms with Crippen molar-refractivity contribution in [1.29, 1.82) is 0 Å². The average molecular weight is 254 g/mol. The molecule has 1 aliphatic rings. The van der Waals surface area contributed by atoms with Gasteiger partial charge in [0, 0.05) is 0 Å². The SMILES string of the molecule is C[C@H]1O[C@H](O)[C@@H](O)[C@@H](OCc2ccccc2)[C@@H]1O. The van der Waals surface area contributed by atoms with Gasteiger partial charge in [-0.15, -0.1) is 0 Å². The molecule has 2 rings (SSSR count). The van der Waals surface area contributed by atoms with Crippen molar-refractivity contribution in [2.24, 2.45) is 0 Å². The second kappa shape index (κ2) is 5.77. The molecule has 100 valence electrons. The van der Waals surface area contributed by atoms with Gasteiger partial charge >= 0.3 is 0 Å². The largest absolute Gasteiger partial charge is 0.388 e. The van der Waals surface area contributed by atoms with Gasteiger partial charge in [0.15, 0.2) is 6.29 Å². The van der Waals surface area contributed by atoms with Crippen LogP contribution in [0.25, 0.3) is 0 Å². The zero-order valence-corrected chi connectivity index (χ0v) is 10.1. The topological polar surface area (TPSA) is 79.2 Å². The number of ether oxygens (including phenoxy) is 2. The first kappa shape index (κ1) is 13.5. The third kappa shape index (κ3) is 2.88. The van der Waals surface area contributed by atoms with Crippen LogP contribution < -0.4 is 0 Å². The van der Waals surface area contributed by atoms with Crippen LogP contribution in [0.4, 0.5) is 0 Å². The van der Waals surface area contributed by atoms with E-state index in [1.54, 1.807) is 6.92 Å². The minimum atomic E-state index is -1.33. The Morgan fingerprint density at radius 2 is 1.78 bits per heavy atom. The summed E-state index contributed by atoms with van der Waals surface area (Å²) >= 11 is 0. The molecule has 0 radical (unpaired) electrons. The summed E-state index contributed by atoms with van der Waals surface area (Å²) in [4.78, 5) is 0. The molecule has 0 bridgehead atoms. The van der Waals surface area contributed by atoms with Gasteiger partial charge in [-0.3, -0.25) is 0 Å². The molecular formula is C13H18O5. The van der Waals surface area contributed by atoms with Crippen LogP contribution in [-0.4, -0.2) is 46.0 Å². The van der Waals surface area contributed by atoms with Crippen molar-refractivity contribution in [2.45, 2.75) is 44.2 Å². The van der Waals surface area contributed by atoms with Crippen LogP contribution in [0, 0.1) is 0 Å². The van der Waals surface area contributed by atoms with E-state index in [1.165, 1.54) is 0 Å². The van der Waals surface area contributed by atoms with Gasteiger partial charge in [0.05, 0.1) is 12.7 Å². The lowest BCUT2D eigenvalue weighted by Crippen LogP contribution is -2.57. The van der Waals surface area contributed by atoms with E-state index in [0.717, 1.165) is 5.56 Å². The van der Waals surface area contributed by atoms with E-state index in [0.29, 0.717) is 0 Å². The summed E-state index contributed by atoms with van der Waals surface area (Å²) < 4.78 is 10.5. The maximum atomic E-state index is 9.88. The summed E-state index contributed by atoms with van der Waals surface area (Å²) in [5.41, 5.74) is 0.936. The van der Waals surface area contributed by atoms with E-state index in [-0.39, 0.29) is 6.61 Å². The Bertz CT molecular complexity index is 355. The Labute approximate surface area is 106 Å². The highest BCUT2D eigenvalue weighted by atomic mass is 16.6. The quantitative estimate of drug-likeness (QED) is 0.709. The summed E-state index contributed by atoms with van der Waals surface area (Å²) in [6.45, 7) is 1.89.